The first-order valence-electron chi connectivity index (χ1n) is 10.5. The summed E-state index contributed by atoms with van der Waals surface area (Å²) < 4.78 is 34.9. The number of piperidine rings is 1. The Labute approximate surface area is 184 Å². The number of benzene rings is 1. The van der Waals surface area contributed by atoms with Crippen LogP contribution in [0.4, 0.5) is 8.78 Å². The number of halogens is 2. The summed E-state index contributed by atoms with van der Waals surface area (Å²) in [7, 11) is 1.54. The molecule has 0 aliphatic carbocycles. The summed E-state index contributed by atoms with van der Waals surface area (Å²) >= 11 is 0. The first-order chi connectivity index (χ1) is 15.2. The Bertz CT molecular complexity index is 1200. The molecular formula is C24H24F2N4O2. The highest BCUT2D eigenvalue weighted by molar-refractivity contribution is 5.89. The number of ether oxygens (including phenoxy) is 1. The van der Waals surface area contributed by atoms with Gasteiger partial charge in [-0.05, 0) is 54.6 Å². The fourth-order valence-corrected chi connectivity index (χ4v) is 5.13. The number of aromatic nitrogens is 3. The molecule has 0 unspecified atom stereocenters. The number of hydrogen-bond acceptors (Lipinski definition) is 6. The van der Waals surface area contributed by atoms with Crippen molar-refractivity contribution < 1.29 is 18.6 Å². The molecule has 2 aliphatic rings. The van der Waals surface area contributed by atoms with Gasteiger partial charge < -0.3 is 15.2 Å². The molecule has 6 nitrogen and oxygen atoms in total. The third-order valence-corrected chi connectivity index (χ3v) is 6.95. The van der Waals surface area contributed by atoms with E-state index in [1.807, 2.05) is 12.1 Å². The summed E-state index contributed by atoms with van der Waals surface area (Å²) in [6, 6.07) is 8.39. The Balaban J connectivity index is 1.44. The number of fused-ring (bicyclic) bond motifs is 3. The average Bonchev–Trinajstić information content (AvgIpc) is 2.96. The molecule has 2 aliphatic heterocycles. The maximum Gasteiger partial charge on any atom is 0.267 e. The predicted molar refractivity (Wildman–Crippen MR) is 117 cm³/mol. The summed E-state index contributed by atoms with van der Waals surface area (Å²) in [4.78, 5) is 4.06. The van der Waals surface area contributed by atoms with Gasteiger partial charge in [0, 0.05) is 48.8 Å². The minimum atomic E-state index is -2.82. The van der Waals surface area contributed by atoms with Crippen LogP contribution in [-0.4, -0.2) is 51.0 Å². The lowest BCUT2D eigenvalue weighted by Gasteiger charge is -2.42. The van der Waals surface area contributed by atoms with E-state index < -0.39 is 23.6 Å². The standard InChI is InChI=1S/C24H24F2N4O2/c1-13(17-10-23(2)24(25,26)11-20(28-23)22(17)32-3)18-4-5-19(30-29-18)16-8-14-6-7-27-12-15(14)9-21(16)31/h4-9,12,17,20,22,28,31H,1,10-11H2,2-3H3/t17-,20-,22-,23-/m1/s1. The normalized spacial score (nSPS) is 28.7. The first kappa shape index (κ1) is 20.9. The topological polar surface area (TPSA) is 80.2 Å². The van der Waals surface area contributed by atoms with Gasteiger partial charge in [-0.3, -0.25) is 4.98 Å². The van der Waals surface area contributed by atoms with Gasteiger partial charge in [0.05, 0.1) is 23.0 Å². The van der Waals surface area contributed by atoms with E-state index in [9.17, 15) is 13.9 Å². The highest BCUT2D eigenvalue weighted by atomic mass is 19.3. The first-order valence-corrected chi connectivity index (χ1v) is 10.5. The largest absolute Gasteiger partial charge is 0.507 e. The SMILES string of the molecule is C=C(c1ccc(-c2cc3ccncc3cc2O)nn1)[C@H]1C[C@@]2(C)N[C@H](CC2(F)F)[C@@H]1OC. The second kappa shape index (κ2) is 7.28. The Morgan fingerprint density at radius 3 is 2.72 bits per heavy atom. The van der Waals surface area contributed by atoms with Crippen LogP contribution in [0.5, 0.6) is 5.75 Å². The smallest absolute Gasteiger partial charge is 0.267 e. The number of alkyl halides is 2. The maximum absolute atomic E-state index is 14.6. The molecule has 8 heteroatoms. The number of rotatable bonds is 4. The Morgan fingerprint density at radius 1 is 1.19 bits per heavy atom. The number of aromatic hydroxyl groups is 1. The van der Waals surface area contributed by atoms with E-state index >= 15 is 0 Å². The number of nitrogens with zero attached hydrogens (tertiary/aromatic N) is 3. The van der Waals surface area contributed by atoms with Crippen molar-refractivity contribution in [1.82, 2.24) is 20.5 Å². The third kappa shape index (κ3) is 3.17. The molecule has 2 saturated heterocycles. The Hall–Kier alpha value is -2.97. The van der Waals surface area contributed by atoms with Crippen LogP contribution in [0, 0.1) is 5.92 Å². The van der Waals surface area contributed by atoms with E-state index in [1.165, 1.54) is 0 Å². The van der Waals surface area contributed by atoms with E-state index in [1.54, 1.807) is 44.6 Å². The van der Waals surface area contributed by atoms with Crippen molar-refractivity contribution in [3.63, 3.8) is 0 Å². The quantitative estimate of drug-likeness (QED) is 0.636. The molecule has 0 amide bonds. The van der Waals surface area contributed by atoms with Gasteiger partial charge in [-0.1, -0.05) is 6.58 Å². The second-order valence-corrected chi connectivity index (χ2v) is 8.92. The van der Waals surface area contributed by atoms with Gasteiger partial charge >= 0.3 is 0 Å². The van der Waals surface area contributed by atoms with Crippen molar-refractivity contribution >= 4 is 16.3 Å². The van der Waals surface area contributed by atoms with Crippen molar-refractivity contribution in [3.05, 3.63) is 55.0 Å². The van der Waals surface area contributed by atoms with Crippen LogP contribution >= 0.6 is 0 Å². The van der Waals surface area contributed by atoms with Gasteiger partial charge in [-0.15, -0.1) is 5.10 Å². The van der Waals surface area contributed by atoms with Gasteiger partial charge in [0.1, 0.15) is 5.75 Å². The van der Waals surface area contributed by atoms with E-state index in [-0.39, 0.29) is 24.5 Å². The molecule has 0 spiro atoms. The van der Waals surface area contributed by atoms with Crippen LogP contribution in [0.1, 0.15) is 25.5 Å². The van der Waals surface area contributed by atoms with Crippen molar-refractivity contribution in [2.24, 2.45) is 5.92 Å². The summed E-state index contributed by atoms with van der Waals surface area (Å²) in [5, 5.41) is 23.9. The monoisotopic (exact) mass is 438 g/mol. The van der Waals surface area contributed by atoms with Crippen LogP contribution in [0.2, 0.25) is 0 Å². The second-order valence-electron chi connectivity index (χ2n) is 8.92. The van der Waals surface area contributed by atoms with Gasteiger partial charge in [-0.25, -0.2) is 8.78 Å². The summed E-state index contributed by atoms with van der Waals surface area (Å²) in [5.74, 6) is -3.05. The highest BCUT2D eigenvalue weighted by Gasteiger charge is 2.64. The van der Waals surface area contributed by atoms with Crippen LogP contribution in [0.15, 0.2) is 49.3 Å². The zero-order chi connectivity index (χ0) is 22.7. The molecule has 3 aromatic rings. The Kier molecular flexibility index (Phi) is 4.76. The molecule has 2 bridgehead atoms. The maximum atomic E-state index is 14.6. The highest BCUT2D eigenvalue weighted by Crippen LogP contribution is 2.51. The predicted octanol–water partition coefficient (Wildman–Crippen LogP) is 4.20. The Morgan fingerprint density at radius 2 is 2.00 bits per heavy atom. The molecule has 4 heterocycles. The molecule has 166 valence electrons. The average molecular weight is 438 g/mol. The zero-order valence-electron chi connectivity index (χ0n) is 17.8. The fourth-order valence-electron chi connectivity index (χ4n) is 5.13. The number of methoxy groups -OCH3 is 1. The van der Waals surface area contributed by atoms with Crippen LogP contribution in [0.3, 0.4) is 0 Å². The number of phenolic OH excluding ortho intramolecular Hbond substituents is 1. The molecule has 5 rings (SSSR count). The number of pyridine rings is 1. The van der Waals surface area contributed by atoms with Crippen molar-refractivity contribution in [1.29, 1.82) is 0 Å². The molecule has 0 saturated carbocycles. The summed E-state index contributed by atoms with van der Waals surface area (Å²) in [6.45, 7) is 5.73. The fraction of sp³-hybridized carbons (Fsp3) is 0.375. The number of phenols is 1. The lowest BCUT2D eigenvalue weighted by molar-refractivity contribution is -0.0630. The molecule has 4 atom stereocenters. The van der Waals surface area contributed by atoms with Crippen LogP contribution in [-0.2, 0) is 4.74 Å². The molecule has 2 N–H and O–H groups in total. The molecule has 2 fully saturated rings. The van der Waals surface area contributed by atoms with Crippen molar-refractivity contribution in [2.75, 3.05) is 7.11 Å². The summed E-state index contributed by atoms with van der Waals surface area (Å²) in [5.41, 5.74) is 0.901. The van der Waals surface area contributed by atoms with Gasteiger partial charge in [0.25, 0.3) is 5.92 Å². The van der Waals surface area contributed by atoms with Crippen LogP contribution in [0.25, 0.3) is 27.6 Å². The van der Waals surface area contributed by atoms with E-state index in [0.29, 0.717) is 22.5 Å². The van der Waals surface area contributed by atoms with E-state index in [4.69, 9.17) is 4.74 Å². The molecule has 2 aromatic heterocycles. The van der Waals surface area contributed by atoms with E-state index in [0.717, 1.165) is 10.8 Å². The molecule has 0 radical (unpaired) electrons. The van der Waals surface area contributed by atoms with Gasteiger partial charge in [0.2, 0.25) is 0 Å². The van der Waals surface area contributed by atoms with Crippen molar-refractivity contribution in [3.8, 4) is 17.0 Å². The third-order valence-electron chi connectivity index (χ3n) is 6.95. The lowest BCUT2D eigenvalue weighted by atomic mass is 9.77. The molecular weight excluding hydrogens is 414 g/mol. The minimum Gasteiger partial charge on any atom is -0.507 e. The lowest BCUT2D eigenvalue weighted by Crippen LogP contribution is -2.59. The molecule has 1 aromatic carbocycles. The van der Waals surface area contributed by atoms with Gasteiger partial charge in [0.15, 0.2) is 0 Å². The minimum absolute atomic E-state index is 0.0795. The number of nitrogens with one attached hydrogen (secondary N) is 1. The summed E-state index contributed by atoms with van der Waals surface area (Å²) in [6.07, 6.45) is 2.87. The van der Waals surface area contributed by atoms with E-state index in [2.05, 4.69) is 27.1 Å². The van der Waals surface area contributed by atoms with Gasteiger partial charge in [-0.2, -0.15) is 5.10 Å². The van der Waals surface area contributed by atoms with Crippen molar-refractivity contribution in [2.45, 2.75) is 43.4 Å². The zero-order valence-corrected chi connectivity index (χ0v) is 17.8. The number of hydrogen-bond donors (Lipinski definition) is 2. The van der Waals surface area contributed by atoms with Crippen LogP contribution < -0.4 is 5.32 Å². The molecule has 32 heavy (non-hydrogen) atoms.